The van der Waals surface area contributed by atoms with Crippen LogP contribution < -0.4 is 0 Å². The first-order valence-electron chi connectivity index (χ1n) is 1.60. The van der Waals surface area contributed by atoms with Crippen molar-refractivity contribution in [3.63, 3.8) is 0 Å². The van der Waals surface area contributed by atoms with Gasteiger partial charge in [0, 0.05) is 0 Å². The van der Waals surface area contributed by atoms with E-state index in [2.05, 4.69) is 6.72 Å². The van der Waals surface area contributed by atoms with Crippen molar-refractivity contribution in [2.45, 2.75) is 6.82 Å². The predicted molar refractivity (Wildman–Crippen MR) is 48.2 cm³/mol. The summed E-state index contributed by atoms with van der Waals surface area (Å²) in [5.74, 6) is 0. The normalized spacial score (nSPS) is 6.86. The molecule has 6 heteroatoms. The summed E-state index contributed by atoms with van der Waals surface area (Å²) in [7, 11) is -0.379. The van der Waals surface area contributed by atoms with Crippen molar-refractivity contribution < 1.29 is 0 Å². The van der Waals surface area contributed by atoms with Gasteiger partial charge in [0.25, 0.3) is 0 Å². The molecule has 0 fully saturated rings. The Morgan fingerprint density at radius 3 is 2.00 bits per heavy atom. The second-order valence-electron chi connectivity index (χ2n) is 0.800. The summed E-state index contributed by atoms with van der Waals surface area (Å²) in [5.41, 5.74) is 0. The molecule has 0 radical (unpaired) electrons. The van der Waals surface area contributed by atoms with Crippen LogP contribution in [0.25, 0.3) is 0 Å². The standard InChI is InChI=1S/CH4B2S4/c1-3-7(5)6(2)4/h2H,1H3. The van der Waals surface area contributed by atoms with Gasteiger partial charge in [-0.25, -0.2) is 0 Å². The minimum absolute atomic E-state index is 0.139. The van der Waals surface area contributed by atoms with Crippen LogP contribution in [0.5, 0.6) is 0 Å². The molecule has 0 saturated heterocycles. The van der Waals surface area contributed by atoms with Gasteiger partial charge in [-0.2, -0.15) is 0 Å². The zero-order valence-corrected chi connectivity index (χ0v) is 7.18. The van der Waals surface area contributed by atoms with E-state index in [9.17, 15) is 0 Å². The number of hydrogen-bond acceptors (Lipinski definition) is 2. The average Bonchev–Trinajstić information content (AvgIpc) is 1.65. The molecule has 0 heterocycles. The van der Waals surface area contributed by atoms with E-state index in [4.69, 9.17) is 22.4 Å². The second-order valence-corrected chi connectivity index (χ2v) is 8.23. The Labute approximate surface area is 56.9 Å². The molecule has 0 aliphatic heterocycles. The molecule has 0 aliphatic rings. The predicted octanol–water partition coefficient (Wildman–Crippen LogP) is -0.455. The van der Waals surface area contributed by atoms with Crippen molar-refractivity contribution in [1.29, 1.82) is 0 Å². The molecule has 0 saturated carbocycles. The van der Waals surface area contributed by atoms with E-state index in [1.165, 1.54) is 0 Å². The Balaban J connectivity index is 5.68. The van der Waals surface area contributed by atoms with Gasteiger partial charge >= 0.3 is 57.0 Å². The van der Waals surface area contributed by atoms with Gasteiger partial charge in [-0.15, -0.1) is 0 Å². The van der Waals surface area contributed by atoms with E-state index in [0.29, 0.717) is 0 Å². The van der Waals surface area contributed by atoms with Gasteiger partial charge in [0.15, 0.2) is 0 Å². The van der Waals surface area contributed by atoms with Gasteiger partial charge in [0.05, 0.1) is 0 Å². The van der Waals surface area contributed by atoms with Crippen LogP contribution in [0.1, 0.15) is 0 Å². The van der Waals surface area contributed by atoms with Crippen LogP contribution in [0.2, 0.25) is 6.82 Å². The fourth-order valence-corrected chi connectivity index (χ4v) is 1.67. The molecule has 0 nitrogen and oxygen atoms in total. The molecule has 0 aromatic rings. The maximum absolute atomic E-state index is 4.88. The monoisotopic (exact) mass is 166 g/mol. The zero-order chi connectivity index (χ0) is 5.86. The number of hydrogen-bond donors (Lipinski definition) is 0. The molecule has 0 aromatic carbocycles. The van der Waals surface area contributed by atoms with Crippen LogP contribution in [0, 0.1) is 0 Å². The molecule has 0 atom stereocenters. The van der Waals surface area contributed by atoms with E-state index in [1.54, 1.807) is 0 Å². The molecule has 0 rings (SSSR count). The van der Waals surface area contributed by atoms with Crippen molar-refractivity contribution >= 4 is 50.1 Å². The van der Waals surface area contributed by atoms with Crippen LogP contribution in [0.4, 0.5) is 0 Å². The SMILES string of the molecule is B=S(=S)=S(=S)=BC. The van der Waals surface area contributed by atoms with Crippen molar-refractivity contribution in [3.05, 3.63) is 0 Å². The Bertz CT molecular complexity index is 257. The van der Waals surface area contributed by atoms with Crippen molar-refractivity contribution in [2.75, 3.05) is 0 Å². The topological polar surface area (TPSA) is 0 Å². The molecule has 0 spiro atoms. The van der Waals surface area contributed by atoms with Crippen LogP contribution in [-0.4, -0.2) is 12.9 Å². The first-order valence-corrected chi connectivity index (χ1v) is 6.65. The molecule has 7 heavy (non-hydrogen) atoms. The third-order valence-corrected chi connectivity index (χ3v) is 6.95. The average molecular weight is 166 g/mol. The molecule has 0 N–H and O–H groups in total. The second kappa shape index (κ2) is 3.95. The van der Waals surface area contributed by atoms with E-state index in [1.807, 2.05) is 13.0 Å². The summed E-state index contributed by atoms with van der Waals surface area (Å²) >= 11 is 9.67. The van der Waals surface area contributed by atoms with Crippen molar-refractivity contribution in [2.24, 2.45) is 0 Å². The third kappa shape index (κ3) is 3.58. The summed E-state index contributed by atoms with van der Waals surface area (Å²) in [4.78, 5) is 0. The number of rotatable bonds is 0. The van der Waals surface area contributed by atoms with E-state index in [-0.39, 0.29) is 14.9 Å². The van der Waals surface area contributed by atoms with Gasteiger partial charge < -0.3 is 0 Å². The third-order valence-electron chi connectivity index (χ3n) is 0.376. The molecule has 0 unspecified atom stereocenters. The van der Waals surface area contributed by atoms with Gasteiger partial charge in [0.2, 0.25) is 0 Å². The molecular formula is CH4B2S4. The summed E-state index contributed by atoms with van der Waals surface area (Å²) < 4.78 is 0. The fourth-order valence-electron chi connectivity index (χ4n) is 0.107. The van der Waals surface area contributed by atoms with Crippen LogP contribution in [0.15, 0.2) is 0 Å². The summed E-state index contributed by atoms with van der Waals surface area (Å²) in [6.45, 7) is 5.55. The van der Waals surface area contributed by atoms with Gasteiger partial charge in [-0.3, -0.25) is 0 Å². The fraction of sp³-hybridized carbons (Fsp3) is 1.00. The minimum atomic E-state index is -0.240. The van der Waals surface area contributed by atoms with Gasteiger partial charge in [-0.05, 0) is 0 Å². The zero-order valence-electron chi connectivity index (χ0n) is 3.92. The first kappa shape index (κ1) is 8.01. The first-order chi connectivity index (χ1) is 3.18. The van der Waals surface area contributed by atoms with E-state index >= 15 is 0 Å². The molecule has 38 valence electrons. The summed E-state index contributed by atoms with van der Waals surface area (Å²) in [6, 6.07) is 0. The molecule has 0 bridgehead atoms. The van der Waals surface area contributed by atoms with Crippen molar-refractivity contribution in [1.82, 2.24) is 0 Å². The van der Waals surface area contributed by atoms with E-state index in [0.717, 1.165) is 0 Å². The molecular weight excluding hydrogens is 162 g/mol. The Morgan fingerprint density at radius 2 is 2.00 bits per heavy atom. The molecule has 0 aliphatic carbocycles. The van der Waals surface area contributed by atoms with Crippen LogP contribution in [0.3, 0.4) is 0 Å². The van der Waals surface area contributed by atoms with E-state index < -0.39 is 0 Å². The molecule has 0 amide bonds. The quantitative estimate of drug-likeness (QED) is 0.446. The molecule has 0 aromatic heterocycles. The van der Waals surface area contributed by atoms with Crippen LogP contribution >= 0.6 is 0 Å². The van der Waals surface area contributed by atoms with Gasteiger partial charge in [0.1, 0.15) is 0 Å². The van der Waals surface area contributed by atoms with Crippen molar-refractivity contribution in [3.8, 4) is 0 Å². The van der Waals surface area contributed by atoms with Gasteiger partial charge in [-0.1, -0.05) is 0 Å². The summed E-state index contributed by atoms with van der Waals surface area (Å²) in [5, 5.41) is 0. The maximum atomic E-state index is 4.88. The Hall–Kier alpha value is 1.01. The Kier molecular flexibility index (Phi) is 4.52. The van der Waals surface area contributed by atoms with Crippen LogP contribution in [-0.2, 0) is 37.3 Å². The summed E-state index contributed by atoms with van der Waals surface area (Å²) in [6.07, 6.45) is 1.93. The Morgan fingerprint density at radius 1 is 1.57 bits per heavy atom.